The number of hydrogen-bond donors (Lipinski definition) is 1. The summed E-state index contributed by atoms with van der Waals surface area (Å²) >= 11 is 0. The van der Waals surface area contributed by atoms with Gasteiger partial charge in [-0.2, -0.15) is 0 Å². The predicted octanol–water partition coefficient (Wildman–Crippen LogP) is 0.868. The number of nitro groups is 1. The summed E-state index contributed by atoms with van der Waals surface area (Å²) in [6.45, 7) is 0. The van der Waals surface area contributed by atoms with Crippen LogP contribution in [0.2, 0.25) is 0 Å². The molecule has 0 radical (unpaired) electrons. The van der Waals surface area contributed by atoms with Crippen LogP contribution in [0.5, 0.6) is 0 Å². The van der Waals surface area contributed by atoms with Gasteiger partial charge in [-0.05, 0) is 12.1 Å². The first kappa shape index (κ1) is 13.1. The first-order chi connectivity index (χ1) is 7.86. The minimum atomic E-state index is -3.33. The van der Waals surface area contributed by atoms with Crippen molar-refractivity contribution in [3.8, 4) is 0 Å². The van der Waals surface area contributed by atoms with Crippen LogP contribution < -0.4 is 0 Å². The van der Waals surface area contributed by atoms with Crippen molar-refractivity contribution in [2.45, 2.75) is 10.9 Å². The first-order valence-electron chi connectivity index (χ1n) is 4.47. The molecule has 0 spiro atoms. The SMILES string of the molecule is CS(=O)(=O)c1ccc(C(C=NO)[N+](=O)[O-])cc1. The van der Waals surface area contributed by atoms with Crippen LogP contribution in [0.25, 0.3) is 0 Å². The van der Waals surface area contributed by atoms with Gasteiger partial charge >= 0.3 is 0 Å². The van der Waals surface area contributed by atoms with Crippen LogP contribution >= 0.6 is 0 Å². The molecule has 1 rings (SSSR count). The number of hydrogen-bond acceptors (Lipinski definition) is 6. The number of rotatable bonds is 4. The molecule has 0 fully saturated rings. The third-order valence-corrected chi connectivity index (χ3v) is 3.21. The molecule has 1 atom stereocenters. The van der Waals surface area contributed by atoms with Crippen LogP contribution in [0.4, 0.5) is 0 Å². The van der Waals surface area contributed by atoms with Gasteiger partial charge in [-0.1, -0.05) is 17.3 Å². The Labute approximate surface area is 97.4 Å². The molecule has 0 saturated heterocycles. The van der Waals surface area contributed by atoms with E-state index >= 15 is 0 Å². The lowest BCUT2D eigenvalue weighted by molar-refractivity contribution is -0.507. The lowest BCUT2D eigenvalue weighted by Crippen LogP contribution is -2.12. The lowest BCUT2D eigenvalue weighted by Gasteiger charge is -2.04. The van der Waals surface area contributed by atoms with Crippen molar-refractivity contribution < 1.29 is 18.5 Å². The van der Waals surface area contributed by atoms with Crippen LogP contribution in [0.15, 0.2) is 34.3 Å². The van der Waals surface area contributed by atoms with Gasteiger partial charge in [0, 0.05) is 16.7 Å². The minimum absolute atomic E-state index is 0.0734. The third kappa shape index (κ3) is 3.25. The highest BCUT2D eigenvalue weighted by molar-refractivity contribution is 7.90. The maximum absolute atomic E-state index is 11.2. The second-order valence-electron chi connectivity index (χ2n) is 3.34. The van der Waals surface area contributed by atoms with E-state index < -0.39 is 20.8 Å². The molecule has 7 nitrogen and oxygen atoms in total. The Morgan fingerprint density at radius 1 is 1.41 bits per heavy atom. The summed E-state index contributed by atoms with van der Waals surface area (Å²) in [5.74, 6) is 0. The topological polar surface area (TPSA) is 110 Å². The molecule has 0 amide bonds. The van der Waals surface area contributed by atoms with Gasteiger partial charge in [-0.25, -0.2) is 8.42 Å². The fourth-order valence-electron chi connectivity index (χ4n) is 1.24. The van der Waals surface area contributed by atoms with Gasteiger partial charge in [-0.3, -0.25) is 10.1 Å². The smallest absolute Gasteiger partial charge is 0.276 e. The molecule has 0 aliphatic heterocycles. The van der Waals surface area contributed by atoms with Crippen LogP contribution in [0.3, 0.4) is 0 Å². The second kappa shape index (κ2) is 4.91. The summed E-state index contributed by atoms with van der Waals surface area (Å²) in [5, 5.41) is 21.6. The highest BCUT2D eigenvalue weighted by Gasteiger charge is 2.21. The normalized spacial score (nSPS) is 13.7. The average molecular weight is 258 g/mol. The van der Waals surface area contributed by atoms with E-state index in [9.17, 15) is 18.5 Å². The Morgan fingerprint density at radius 2 is 1.94 bits per heavy atom. The molecule has 1 aromatic carbocycles. The second-order valence-corrected chi connectivity index (χ2v) is 5.35. The van der Waals surface area contributed by atoms with Crippen molar-refractivity contribution in [3.05, 3.63) is 39.9 Å². The molecule has 0 saturated carbocycles. The molecule has 1 N–H and O–H groups in total. The Morgan fingerprint density at radius 3 is 2.29 bits per heavy atom. The minimum Gasteiger partial charge on any atom is -0.411 e. The van der Waals surface area contributed by atoms with Crippen molar-refractivity contribution in [1.82, 2.24) is 0 Å². The summed E-state index contributed by atoms with van der Waals surface area (Å²) in [6.07, 6.45) is 1.80. The summed E-state index contributed by atoms with van der Waals surface area (Å²) < 4.78 is 22.3. The number of oxime groups is 1. The molecule has 92 valence electrons. The Kier molecular flexibility index (Phi) is 3.79. The molecule has 0 aliphatic rings. The van der Waals surface area contributed by atoms with Crippen LogP contribution in [0.1, 0.15) is 11.6 Å². The standard InChI is InChI=1S/C9H10N2O5S/c1-17(15,16)8-4-2-7(3-5-8)9(6-10-12)11(13)14/h2-6,9,12H,1H3. The summed E-state index contributed by atoms with van der Waals surface area (Å²) in [5.41, 5.74) is 0.236. The lowest BCUT2D eigenvalue weighted by atomic mass is 10.1. The molecule has 1 aromatic rings. The largest absolute Gasteiger partial charge is 0.411 e. The highest BCUT2D eigenvalue weighted by atomic mass is 32.2. The van der Waals surface area contributed by atoms with E-state index in [0.717, 1.165) is 12.5 Å². The zero-order valence-electron chi connectivity index (χ0n) is 8.85. The predicted molar refractivity (Wildman–Crippen MR) is 59.6 cm³/mol. The number of sulfone groups is 1. The first-order valence-corrected chi connectivity index (χ1v) is 6.36. The van der Waals surface area contributed by atoms with Crippen molar-refractivity contribution in [3.63, 3.8) is 0 Å². The van der Waals surface area contributed by atoms with E-state index in [1.165, 1.54) is 24.3 Å². The van der Waals surface area contributed by atoms with Crippen molar-refractivity contribution in [2.75, 3.05) is 6.26 Å². The Bertz CT molecular complexity index is 535. The summed E-state index contributed by atoms with van der Waals surface area (Å²) in [7, 11) is -3.33. The fourth-order valence-corrected chi connectivity index (χ4v) is 1.87. The van der Waals surface area contributed by atoms with E-state index in [1.54, 1.807) is 0 Å². The van der Waals surface area contributed by atoms with E-state index in [-0.39, 0.29) is 10.5 Å². The van der Waals surface area contributed by atoms with Crippen molar-refractivity contribution in [1.29, 1.82) is 0 Å². The molecular formula is C9H10N2O5S. The van der Waals surface area contributed by atoms with Crippen molar-refractivity contribution in [2.24, 2.45) is 5.16 Å². The van der Waals surface area contributed by atoms with Crippen LogP contribution in [-0.2, 0) is 9.84 Å². The number of nitrogens with zero attached hydrogens (tertiary/aromatic N) is 2. The maximum atomic E-state index is 11.2. The molecule has 0 heterocycles. The molecular weight excluding hydrogens is 248 g/mol. The molecule has 0 bridgehead atoms. The summed E-state index contributed by atoms with van der Waals surface area (Å²) in [6, 6.07) is 3.86. The zero-order chi connectivity index (χ0) is 13.1. The van der Waals surface area contributed by atoms with E-state index in [2.05, 4.69) is 5.16 Å². The Balaban J connectivity index is 3.13. The van der Waals surface area contributed by atoms with Gasteiger partial charge in [0.15, 0.2) is 9.84 Å². The fraction of sp³-hybridized carbons (Fsp3) is 0.222. The molecule has 17 heavy (non-hydrogen) atoms. The molecule has 0 aliphatic carbocycles. The average Bonchev–Trinajstić information content (AvgIpc) is 2.24. The van der Waals surface area contributed by atoms with Crippen LogP contribution in [0, 0.1) is 10.1 Å². The van der Waals surface area contributed by atoms with Crippen molar-refractivity contribution >= 4 is 16.1 Å². The third-order valence-electron chi connectivity index (χ3n) is 2.08. The molecule has 8 heteroatoms. The van der Waals surface area contributed by atoms with Gasteiger partial charge in [0.1, 0.15) is 6.21 Å². The van der Waals surface area contributed by atoms with Crippen LogP contribution in [-0.4, -0.2) is 31.0 Å². The van der Waals surface area contributed by atoms with Gasteiger partial charge in [0.25, 0.3) is 6.04 Å². The molecule has 1 unspecified atom stereocenters. The van der Waals surface area contributed by atoms with E-state index in [1.807, 2.05) is 0 Å². The zero-order valence-corrected chi connectivity index (χ0v) is 9.66. The summed E-state index contributed by atoms with van der Waals surface area (Å²) in [4.78, 5) is 10.1. The van der Waals surface area contributed by atoms with Gasteiger partial charge in [-0.15, -0.1) is 0 Å². The monoisotopic (exact) mass is 258 g/mol. The van der Waals surface area contributed by atoms with E-state index in [4.69, 9.17) is 5.21 Å². The number of benzene rings is 1. The van der Waals surface area contributed by atoms with E-state index in [0.29, 0.717) is 0 Å². The quantitative estimate of drug-likeness (QED) is 0.373. The van der Waals surface area contributed by atoms with Gasteiger partial charge < -0.3 is 5.21 Å². The van der Waals surface area contributed by atoms with Gasteiger partial charge in [0.05, 0.1) is 4.90 Å². The Hall–Kier alpha value is -1.96. The highest BCUT2D eigenvalue weighted by Crippen LogP contribution is 2.17. The van der Waals surface area contributed by atoms with Gasteiger partial charge in [0.2, 0.25) is 0 Å². The molecule has 0 aromatic heterocycles. The maximum Gasteiger partial charge on any atom is 0.276 e.